The summed E-state index contributed by atoms with van der Waals surface area (Å²) in [6, 6.07) is 9.68. The van der Waals surface area contributed by atoms with Gasteiger partial charge in [0, 0.05) is 60.5 Å². The molecule has 1 saturated carbocycles. The van der Waals surface area contributed by atoms with Crippen LogP contribution in [0.1, 0.15) is 30.5 Å². The Kier molecular flexibility index (Phi) is 7.23. The first-order valence-electron chi connectivity index (χ1n) is 14.8. The van der Waals surface area contributed by atoms with Crippen molar-refractivity contribution in [2.45, 2.75) is 45.3 Å². The van der Waals surface area contributed by atoms with E-state index in [0.717, 1.165) is 46.3 Å². The lowest BCUT2D eigenvalue weighted by Crippen LogP contribution is -2.35. The van der Waals surface area contributed by atoms with Crippen molar-refractivity contribution in [3.63, 3.8) is 0 Å². The number of nitrogens with zero attached hydrogens (tertiary/aromatic N) is 7. The van der Waals surface area contributed by atoms with E-state index in [2.05, 4.69) is 41.0 Å². The molecule has 230 valence electrons. The lowest BCUT2D eigenvalue weighted by molar-refractivity contribution is -0.131. The highest BCUT2D eigenvalue weighted by molar-refractivity contribution is 6.06. The number of likely N-dealkylation sites (tertiary alicyclic amines) is 1. The Labute approximate surface area is 258 Å². The van der Waals surface area contributed by atoms with Crippen molar-refractivity contribution in [3.8, 4) is 17.1 Å². The van der Waals surface area contributed by atoms with Crippen molar-refractivity contribution in [3.05, 3.63) is 60.2 Å². The van der Waals surface area contributed by atoms with E-state index in [4.69, 9.17) is 9.72 Å². The van der Waals surface area contributed by atoms with Crippen molar-refractivity contribution in [2.24, 2.45) is 7.05 Å². The van der Waals surface area contributed by atoms with E-state index in [9.17, 15) is 9.59 Å². The minimum atomic E-state index is -0.402. The van der Waals surface area contributed by atoms with Gasteiger partial charge in [-0.3, -0.25) is 14.3 Å². The predicted octanol–water partition coefficient (Wildman–Crippen LogP) is 3.70. The SMILES string of the molecule is Cc1cnc(Nc2cc(C)n(C)n2)nc1-c1c[nH]c2c(NC(=O)CN3CC(Oc4ccnc(NC5CC5)n4)CC3=O)cccc12. The Hall–Kier alpha value is -5.53. The maximum Gasteiger partial charge on any atom is 0.244 e. The molecule has 4 N–H and O–H groups in total. The van der Waals surface area contributed by atoms with Gasteiger partial charge in [0.25, 0.3) is 0 Å². The highest BCUT2D eigenvalue weighted by Gasteiger charge is 2.33. The van der Waals surface area contributed by atoms with Gasteiger partial charge in [-0.2, -0.15) is 10.1 Å². The summed E-state index contributed by atoms with van der Waals surface area (Å²) in [6.45, 7) is 4.13. The van der Waals surface area contributed by atoms with Crippen LogP contribution in [-0.4, -0.2) is 76.6 Å². The van der Waals surface area contributed by atoms with Gasteiger partial charge >= 0.3 is 0 Å². The van der Waals surface area contributed by atoms with Crippen molar-refractivity contribution < 1.29 is 14.3 Å². The van der Waals surface area contributed by atoms with Crippen LogP contribution in [-0.2, 0) is 16.6 Å². The Balaban J connectivity index is 1.02. The number of anilines is 4. The second-order valence-corrected chi connectivity index (χ2v) is 11.5. The minimum absolute atomic E-state index is 0.0893. The fraction of sp³-hybridized carbons (Fsp3) is 0.323. The first-order chi connectivity index (χ1) is 21.8. The van der Waals surface area contributed by atoms with Crippen molar-refractivity contribution >= 4 is 46.1 Å². The average molecular weight is 608 g/mol. The number of hydrogen-bond donors (Lipinski definition) is 4. The number of fused-ring (bicyclic) bond motifs is 1. The van der Waals surface area contributed by atoms with Crippen molar-refractivity contribution in [1.29, 1.82) is 0 Å². The second-order valence-electron chi connectivity index (χ2n) is 11.5. The van der Waals surface area contributed by atoms with Gasteiger partial charge in [0.15, 0.2) is 5.82 Å². The van der Waals surface area contributed by atoms with Crippen LogP contribution in [0, 0.1) is 13.8 Å². The molecule has 1 aromatic carbocycles. The molecule has 0 bridgehead atoms. The molecule has 0 spiro atoms. The third kappa shape index (κ3) is 6.12. The molecule has 14 nitrogen and oxygen atoms in total. The molecule has 1 unspecified atom stereocenters. The van der Waals surface area contributed by atoms with Crippen LogP contribution in [0.25, 0.3) is 22.2 Å². The molecule has 1 atom stereocenters. The number of aromatic amines is 1. The predicted molar refractivity (Wildman–Crippen MR) is 168 cm³/mol. The molecular formula is C31H33N11O3. The summed E-state index contributed by atoms with van der Waals surface area (Å²) in [5.41, 5.74) is 4.89. The monoisotopic (exact) mass is 607 g/mol. The zero-order valence-corrected chi connectivity index (χ0v) is 25.2. The molecule has 14 heteroatoms. The van der Waals surface area contributed by atoms with E-state index in [0.29, 0.717) is 41.9 Å². The first-order valence-corrected chi connectivity index (χ1v) is 14.8. The molecule has 1 saturated heterocycles. The van der Waals surface area contributed by atoms with Gasteiger partial charge in [0.05, 0.1) is 29.9 Å². The number of aromatic nitrogens is 7. The summed E-state index contributed by atoms with van der Waals surface area (Å²) in [5, 5.41) is 14.7. The Bertz CT molecular complexity index is 1890. The number of amides is 2. The maximum absolute atomic E-state index is 13.1. The van der Waals surface area contributed by atoms with Crippen LogP contribution in [0.3, 0.4) is 0 Å². The topological polar surface area (TPSA) is 168 Å². The number of nitrogens with one attached hydrogen (secondary N) is 4. The van der Waals surface area contributed by atoms with Gasteiger partial charge in [-0.15, -0.1) is 0 Å². The minimum Gasteiger partial charge on any atom is -0.472 e. The number of ether oxygens (including phenoxy) is 1. The summed E-state index contributed by atoms with van der Waals surface area (Å²) in [6.07, 6.45) is 7.25. The molecular weight excluding hydrogens is 574 g/mol. The van der Waals surface area contributed by atoms with Crippen LogP contribution in [0.4, 0.5) is 23.4 Å². The molecule has 45 heavy (non-hydrogen) atoms. The molecule has 1 aliphatic carbocycles. The number of aryl methyl sites for hydroxylation is 3. The molecule has 7 rings (SSSR count). The van der Waals surface area contributed by atoms with E-state index in [1.807, 2.05) is 51.4 Å². The number of hydrogen-bond acceptors (Lipinski definition) is 10. The highest BCUT2D eigenvalue weighted by Crippen LogP contribution is 2.33. The molecule has 5 aromatic rings. The molecule has 2 aliphatic rings. The fourth-order valence-corrected chi connectivity index (χ4v) is 5.35. The fourth-order valence-electron chi connectivity index (χ4n) is 5.35. The number of benzene rings is 1. The largest absolute Gasteiger partial charge is 0.472 e. The Morgan fingerprint density at radius 3 is 2.80 bits per heavy atom. The Morgan fingerprint density at radius 1 is 1.13 bits per heavy atom. The zero-order chi connectivity index (χ0) is 31.1. The van der Waals surface area contributed by atoms with Crippen LogP contribution < -0.4 is 20.7 Å². The molecule has 4 aromatic heterocycles. The van der Waals surface area contributed by atoms with E-state index in [-0.39, 0.29) is 24.8 Å². The lowest BCUT2D eigenvalue weighted by atomic mass is 10.1. The Morgan fingerprint density at radius 2 is 2.00 bits per heavy atom. The first kappa shape index (κ1) is 28.3. The standard InChI is InChI=1S/C31H33N11O3/c1-17-13-34-31(37-24-11-18(2)41(3)40-24)39-28(17)22-14-33-29-21(22)5-4-6-23(29)36-25(43)16-42-15-20(12-27(42)44)45-26-9-10-32-30(38-26)35-19-7-8-19/h4-6,9-11,13-14,19-20,33H,7-8,12,15-16H2,1-3H3,(H,36,43)(H,32,35,38)(H,34,37,39,40). The summed E-state index contributed by atoms with van der Waals surface area (Å²) < 4.78 is 7.75. The van der Waals surface area contributed by atoms with Gasteiger partial charge in [0.1, 0.15) is 12.6 Å². The number of rotatable bonds is 10. The smallest absolute Gasteiger partial charge is 0.244 e. The summed E-state index contributed by atoms with van der Waals surface area (Å²) in [4.78, 5) is 48.5. The van der Waals surface area contributed by atoms with Crippen LogP contribution in [0.5, 0.6) is 5.88 Å². The number of para-hydroxylation sites is 1. The third-order valence-electron chi connectivity index (χ3n) is 7.91. The van der Waals surface area contributed by atoms with E-state index < -0.39 is 6.10 Å². The normalized spacial score (nSPS) is 16.3. The molecule has 2 fully saturated rings. The second kappa shape index (κ2) is 11.5. The summed E-state index contributed by atoms with van der Waals surface area (Å²) in [7, 11) is 1.88. The molecule has 5 heterocycles. The molecule has 0 radical (unpaired) electrons. The van der Waals surface area contributed by atoms with Crippen LogP contribution in [0.2, 0.25) is 0 Å². The van der Waals surface area contributed by atoms with Gasteiger partial charge in [0.2, 0.25) is 29.6 Å². The summed E-state index contributed by atoms with van der Waals surface area (Å²) in [5.74, 6) is 1.56. The van der Waals surface area contributed by atoms with Gasteiger partial charge in [-0.25, -0.2) is 15.0 Å². The van der Waals surface area contributed by atoms with Gasteiger partial charge in [-0.05, 0) is 38.3 Å². The van der Waals surface area contributed by atoms with Crippen molar-refractivity contribution in [2.75, 3.05) is 29.0 Å². The van der Waals surface area contributed by atoms with Gasteiger partial charge < -0.3 is 30.6 Å². The number of carbonyl (C=O) groups excluding carboxylic acids is 2. The van der Waals surface area contributed by atoms with Gasteiger partial charge in [-0.1, -0.05) is 12.1 Å². The summed E-state index contributed by atoms with van der Waals surface area (Å²) >= 11 is 0. The highest BCUT2D eigenvalue weighted by atomic mass is 16.5. The third-order valence-corrected chi connectivity index (χ3v) is 7.91. The van der Waals surface area contributed by atoms with Crippen LogP contribution in [0.15, 0.2) is 48.9 Å². The van der Waals surface area contributed by atoms with Crippen molar-refractivity contribution in [1.82, 2.24) is 39.6 Å². The number of carbonyl (C=O) groups is 2. The quantitative estimate of drug-likeness (QED) is 0.184. The maximum atomic E-state index is 13.1. The zero-order valence-electron chi connectivity index (χ0n) is 25.2. The lowest BCUT2D eigenvalue weighted by Gasteiger charge is -2.17. The van der Waals surface area contributed by atoms with E-state index >= 15 is 0 Å². The average Bonchev–Trinajstić information content (AvgIpc) is 3.47. The van der Waals surface area contributed by atoms with Crippen LogP contribution >= 0.6 is 0 Å². The van der Waals surface area contributed by atoms with E-state index in [1.54, 1.807) is 23.1 Å². The molecule has 1 aliphatic heterocycles. The molecule has 2 amide bonds. The number of H-pyrrole nitrogens is 1. The van der Waals surface area contributed by atoms with E-state index in [1.165, 1.54) is 4.90 Å².